The van der Waals surface area contributed by atoms with E-state index in [2.05, 4.69) is 26.3 Å². The van der Waals surface area contributed by atoms with E-state index in [0.29, 0.717) is 40.0 Å². The normalized spacial score (nSPS) is 11.0. The topological polar surface area (TPSA) is 94.3 Å². The lowest BCUT2D eigenvalue weighted by molar-refractivity contribution is -0.0862. The quantitative estimate of drug-likeness (QED) is 0.157. The van der Waals surface area contributed by atoms with Crippen molar-refractivity contribution in [1.82, 2.24) is 21.6 Å². The molecule has 0 spiro atoms. The maximum absolute atomic E-state index is 5.22. The van der Waals surface area contributed by atoms with Crippen LogP contribution in [0.3, 0.4) is 0 Å². The molecule has 110 valence electrons. The standard InChI is InChI=1S/C9H24N4O5/c1-14-7-10-5-12-17-4-3-16-8-11-6-13-18-9-15-2/h10-13H,3-9H2,1-2H3. The fourth-order valence-corrected chi connectivity index (χ4v) is 0.826. The van der Waals surface area contributed by atoms with E-state index in [9.17, 15) is 0 Å². The molecule has 0 aromatic rings. The van der Waals surface area contributed by atoms with Gasteiger partial charge in [0, 0.05) is 14.2 Å². The number of hydrogen-bond acceptors (Lipinski definition) is 9. The monoisotopic (exact) mass is 268 g/mol. The van der Waals surface area contributed by atoms with Gasteiger partial charge >= 0.3 is 0 Å². The van der Waals surface area contributed by atoms with Crippen LogP contribution in [0.2, 0.25) is 0 Å². The minimum Gasteiger partial charge on any atom is -0.370 e. The zero-order chi connectivity index (χ0) is 13.3. The Morgan fingerprint density at radius 1 is 0.778 bits per heavy atom. The van der Waals surface area contributed by atoms with Crippen LogP contribution in [0.4, 0.5) is 0 Å². The third-order valence-electron chi connectivity index (χ3n) is 1.56. The number of hydroxylamine groups is 2. The lowest BCUT2D eigenvalue weighted by Crippen LogP contribution is -2.33. The largest absolute Gasteiger partial charge is 0.370 e. The van der Waals surface area contributed by atoms with Gasteiger partial charge < -0.3 is 14.2 Å². The van der Waals surface area contributed by atoms with E-state index >= 15 is 0 Å². The summed E-state index contributed by atoms with van der Waals surface area (Å²) in [5.74, 6) is 0. The molecule has 18 heavy (non-hydrogen) atoms. The van der Waals surface area contributed by atoms with Crippen LogP contribution in [0.25, 0.3) is 0 Å². The van der Waals surface area contributed by atoms with Crippen LogP contribution in [-0.2, 0) is 23.9 Å². The van der Waals surface area contributed by atoms with Crippen LogP contribution >= 0.6 is 0 Å². The highest BCUT2D eigenvalue weighted by molar-refractivity contribution is 4.32. The van der Waals surface area contributed by atoms with E-state index in [-0.39, 0.29) is 6.79 Å². The number of hydrogen-bond donors (Lipinski definition) is 4. The second kappa shape index (κ2) is 16.6. The van der Waals surface area contributed by atoms with Gasteiger partial charge in [-0.1, -0.05) is 0 Å². The van der Waals surface area contributed by atoms with Crippen molar-refractivity contribution >= 4 is 0 Å². The van der Waals surface area contributed by atoms with Gasteiger partial charge in [-0.3, -0.25) is 20.3 Å². The van der Waals surface area contributed by atoms with Crippen molar-refractivity contribution in [1.29, 1.82) is 0 Å². The molecule has 0 aliphatic heterocycles. The molecule has 9 heteroatoms. The van der Waals surface area contributed by atoms with Crippen LogP contribution in [0.1, 0.15) is 0 Å². The minimum atomic E-state index is 0.207. The van der Waals surface area contributed by atoms with Gasteiger partial charge in [0.1, 0.15) is 0 Å². The number of ether oxygens (including phenoxy) is 3. The summed E-state index contributed by atoms with van der Waals surface area (Å²) in [4.78, 5) is 9.89. The summed E-state index contributed by atoms with van der Waals surface area (Å²) in [7, 11) is 3.17. The first-order valence-electron chi connectivity index (χ1n) is 5.58. The van der Waals surface area contributed by atoms with Gasteiger partial charge in [0.05, 0.1) is 40.0 Å². The lowest BCUT2D eigenvalue weighted by atomic mass is 10.8. The van der Waals surface area contributed by atoms with Crippen LogP contribution in [0.15, 0.2) is 0 Å². The minimum absolute atomic E-state index is 0.207. The molecule has 0 fully saturated rings. The Hall–Kier alpha value is -0.360. The van der Waals surface area contributed by atoms with Crippen LogP contribution in [-0.4, -0.2) is 61.0 Å². The highest BCUT2D eigenvalue weighted by Crippen LogP contribution is 1.73. The fourth-order valence-electron chi connectivity index (χ4n) is 0.826. The third-order valence-corrected chi connectivity index (χ3v) is 1.56. The van der Waals surface area contributed by atoms with E-state index in [1.165, 1.54) is 0 Å². The molecule has 0 aromatic carbocycles. The summed E-state index contributed by atoms with van der Waals surface area (Å²) in [6, 6.07) is 0. The smallest absolute Gasteiger partial charge is 0.166 e. The zero-order valence-corrected chi connectivity index (χ0v) is 11.0. The van der Waals surface area contributed by atoms with Crippen LogP contribution < -0.4 is 21.6 Å². The van der Waals surface area contributed by atoms with Crippen molar-refractivity contribution in [2.45, 2.75) is 0 Å². The summed E-state index contributed by atoms with van der Waals surface area (Å²) in [5, 5.41) is 5.87. The Balaban J connectivity index is 2.86. The highest BCUT2D eigenvalue weighted by atomic mass is 16.7. The third kappa shape index (κ3) is 15.6. The van der Waals surface area contributed by atoms with Crippen molar-refractivity contribution in [2.75, 3.05) is 61.0 Å². The summed E-state index contributed by atoms with van der Waals surface area (Å²) in [5.41, 5.74) is 5.34. The van der Waals surface area contributed by atoms with Gasteiger partial charge in [-0.2, -0.15) is 11.0 Å². The van der Waals surface area contributed by atoms with Crippen molar-refractivity contribution in [3.05, 3.63) is 0 Å². The Bertz CT molecular complexity index is 139. The first kappa shape index (κ1) is 17.6. The van der Waals surface area contributed by atoms with E-state index in [1.807, 2.05) is 0 Å². The molecule has 0 atom stereocenters. The molecule has 0 saturated heterocycles. The van der Waals surface area contributed by atoms with Gasteiger partial charge in [-0.05, 0) is 0 Å². The molecule has 0 saturated carbocycles. The Kier molecular flexibility index (Phi) is 16.3. The number of methoxy groups -OCH3 is 2. The maximum Gasteiger partial charge on any atom is 0.166 e. The van der Waals surface area contributed by atoms with Gasteiger partial charge in [0.15, 0.2) is 6.79 Å². The summed E-state index contributed by atoms with van der Waals surface area (Å²) >= 11 is 0. The summed E-state index contributed by atoms with van der Waals surface area (Å²) < 4.78 is 14.7. The average Bonchev–Trinajstić information content (AvgIpc) is 2.39. The molecular weight excluding hydrogens is 244 g/mol. The van der Waals surface area contributed by atoms with Gasteiger partial charge in [-0.25, -0.2) is 0 Å². The molecule has 0 aliphatic carbocycles. The molecule has 0 radical (unpaired) electrons. The first-order chi connectivity index (χ1) is 8.91. The van der Waals surface area contributed by atoms with Gasteiger partial charge in [0.25, 0.3) is 0 Å². The summed E-state index contributed by atoms with van der Waals surface area (Å²) in [6.07, 6.45) is 0. The predicted octanol–water partition coefficient (Wildman–Crippen LogP) is -1.70. The second-order valence-electron chi connectivity index (χ2n) is 3.03. The molecule has 0 aliphatic rings. The van der Waals surface area contributed by atoms with Crippen LogP contribution in [0.5, 0.6) is 0 Å². The highest BCUT2D eigenvalue weighted by Gasteiger charge is 1.90. The zero-order valence-electron chi connectivity index (χ0n) is 11.0. The second-order valence-corrected chi connectivity index (χ2v) is 3.03. The Labute approximate surface area is 107 Å². The Morgan fingerprint density at radius 3 is 2.22 bits per heavy atom. The van der Waals surface area contributed by atoms with E-state index in [4.69, 9.17) is 19.1 Å². The SMILES string of the molecule is COCNCNOCCOCNCNOCOC. The first-order valence-corrected chi connectivity index (χ1v) is 5.58. The molecule has 0 unspecified atom stereocenters. The summed E-state index contributed by atoms with van der Waals surface area (Å²) in [6.45, 7) is 3.05. The van der Waals surface area contributed by atoms with E-state index in [0.717, 1.165) is 0 Å². The van der Waals surface area contributed by atoms with Gasteiger partial charge in [0.2, 0.25) is 0 Å². The molecule has 0 bridgehead atoms. The Morgan fingerprint density at radius 2 is 1.50 bits per heavy atom. The van der Waals surface area contributed by atoms with E-state index < -0.39 is 0 Å². The molecular formula is C9H24N4O5. The van der Waals surface area contributed by atoms with Crippen molar-refractivity contribution in [2.24, 2.45) is 0 Å². The van der Waals surface area contributed by atoms with Crippen molar-refractivity contribution in [3.63, 3.8) is 0 Å². The van der Waals surface area contributed by atoms with Crippen molar-refractivity contribution < 1.29 is 23.9 Å². The molecule has 0 aromatic heterocycles. The van der Waals surface area contributed by atoms with Crippen LogP contribution in [0, 0.1) is 0 Å². The molecule has 0 rings (SSSR count). The number of nitrogens with one attached hydrogen (secondary N) is 4. The molecule has 4 N–H and O–H groups in total. The number of rotatable bonds is 15. The fraction of sp³-hybridized carbons (Fsp3) is 1.00. The van der Waals surface area contributed by atoms with Crippen molar-refractivity contribution in [3.8, 4) is 0 Å². The van der Waals surface area contributed by atoms with Gasteiger partial charge in [-0.15, -0.1) is 0 Å². The lowest BCUT2D eigenvalue weighted by Gasteiger charge is -2.09. The maximum atomic E-state index is 5.22. The van der Waals surface area contributed by atoms with E-state index in [1.54, 1.807) is 14.2 Å². The average molecular weight is 268 g/mol. The molecule has 9 nitrogen and oxygen atoms in total. The predicted molar refractivity (Wildman–Crippen MR) is 63.9 cm³/mol. The molecule has 0 amide bonds. The molecule has 0 heterocycles.